The van der Waals surface area contributed by atoms with Crippen LogP contribution in [0, 0.1) is 6.92 Å². The third-order valence-corrected chi connectivity index (χ3v) is 3.63. The van der Waals surface area contributed by atoms with Gasteiger partial charge in [0.2, 0.25) is 0 Å². The van der Waals surface area contributed by atoms with E-state index in [4.69, 9.17) is 0 Å². The van der Waals surface area contributed by atoms with Crippen molar-refractivity contribution in [3.63, 3.8) is 0 Å². The Morgan fingerprint density at radius 2 is 2.05 bits per heavy atom. The summed E-state index contributed by atoms with van der Waals surface area (Å²) >= 11 is 0. The lowest BCUT2D eigenvalue weighted by Crippen LogP contribution is -2.20. The Balaban J connectivity index is 2.02. The van der Waals surface area contributed by atoms with Crippen molar-refractivity contribution in [2.24, 2.45) is 7.05 Å². The van der Waals surface area contributed by atoms with Crippen molar-refractivity contribution < 1.29 is 0 Å². The van der Waals surface area contributed by atoms with Gasteiger partial charge in [-0.25, -0.2) is 0 Å². The monoisotopic (exact) mass is 257 g/mol. The maximum atomic E-state index is 4.47. The highest BCUT2D eigenvalue weighted by atomic mass is 15.3. The van der Waals surface area contributed by atoms with E-state index < -0.39 is 0 Å². The summed E-state index contributed by atoms with van der Waals surface area (Å²) in [6.45, 7) is 7.35. The molecule has 0 fully saturated rings. The van der Waals surface area contributed by atoms with Crippen molar-refractivity contribution in [1.82, 2.24) is 15.1 Å². The first-order chi connectivity index (χ1) is 9.11. The van der Waals surface area contributed by atoms with Gasteiger partial charge >= 0.3 is 0 Å². The first-order valence-electron chi connectivity index (χ1n) is 6.92. The third-order valence-electron chi connectivity index (χ3n) is 3.63. The van der Waals surface area contributed by atoms with Gasteiger partial charge in [0.15, 0.2) is 0 Å². The Morgan fingerprint density at radius 3 is 2.68 bits per heavy atom. The topological polar surface area (TPSA) is 29.9 Å². The van der Waals surface area contributed by atoms with E-state index in [1.165, 1.54) is 16.8 Å². The van der Waals surface area contributed by atoms with E-state index >= 15 is 0 Å². The number of nitrogens with one attached hydrogen (secondary N) is 1. The predicted molar refractivity (Wildman–Crippen MR) is 79.0 cm³/mol. The van der Waals surface area contributed by atoms with Gasteiger partial charge in [0.1, 0.15) is 0 Å². The fourth-order valence-electron chi connectivity index (χ4n) is 2.35. The van der Waals surface area contributed by atoms with Crippen LogP contribution in [0.25, 0.3) is 0 Å². The van der Waals surface area contributed by atoms with E-state index in [0.29, 0.717) is 6.04 Å². The van der Waals surface area contributed by atoms with Gasteiger partial charge in [0.05, 0.1) is 11.4 Å². The largest absolute Gasteiger partial charge is 0.305 e. The molecule has 0 aliphatic heterocycles. The van der Waals surface area contributed by atoms with Crippen molar-refractivity contribution >= 4 is 0 Å². The highest BCUT2D eigenvalue weighted by Crippen LogP contribution is 2.17. The Hall–Kier alpha value is -1.61. The molecule has 3 heteroatoms. The van der Waals surface area contributed by atoms with Gasteiger partial charge in [-0.3, -0.25) is 4.68 Å². The van der Waals surface area contributed by atoms with Gasteiger partial charge in [-0.1, -0.05) is 31.2 Å². The molecule has 19 heavy (non-hydrogen) atoms. The number of benzene rings is 1. The maximum Gasteiger partial charge on any atom is 0.0625 e. The van der Waals surface area contributed by atoms with Crippen LogP contribution in [0.3, 0.4) is 0 Å². The summed E-state index contributed by atoms with van der Waals surface area (Å²) in [4.78, 5) is 0. The van der Waals surface area contributed by atoms with Crippen molar-refractivity contribution in [1.29, 1.82) is 0 Å². The molecule has 0 radical (unpaired) electrons. The molecule has 2 aromatic rings. The number of hydrogen-bond donors (Lipinski definition) is 1. The summed E-state index contributed by atoms with van der Waals surface area (Å²) < 4.78 is 1.97. The van der Waals surface area contributed by atoms with Crippen LogP contribution in [-0.2, 0) is 20.0 Å². The minimum absolute atomic E-state index is 0.348. The molecule has 0 saturated carbocycles. The molecule has 1 heterocycles. The minimum atomic E-state index is 0.348. The Morgan fingerprint density at radius 1 is 1.32 bits per heavy atom. The molecule has 0 saturated heterocycles. The highest BCUT2D eigenvalue weighted by Gasteiger charge is 2.09. The van der Waals surface area contributed by atoms with Crippen molar-refractivity contribution in [2.45, 2.75) is 39.8 Å². The molecule has 1 unspecified atom stereocenters. The van der Waals surface area contributed by atoms with E-state index in [0.717, 1.165) is 18.7 Å². The molecular formula is C16H23N3. The maximum absolute atomic E-state index is 4.47. The predicted octanol–water partition coefficient (Wildman–Crippen LogP) is 3.14. The second kappa shape index (κ2) is 6.02. The first-order valence-corrected chi connectivity index (χ1v) is 6.92. The van der Waals surface area contributed by atoms with Crippen LogP contribution >= 0.6 is 0 Å². The van der Waals surface area contributed by atoms with Crippen LogP contribution in [-0.4, -0.2) is 9.78 Å². The van der Waals surface area contributed by atoms with Crippen molar-refractivity contribution in [3.05, 3.63) is 52.8 Å². The smallest absolute Gasteiger partial charge is 0.0625 e. The van der Waals surface area contributed by atoms with Gasteiger partial charge in [0.25, 0.3) is 0 Å². The molecular weight excluding hydrogens is 234 g/mol. The number of hydrogen-bond acceptors (Lipinski definition) is 2. The van der Waals surface area contributed by atoms with E-state index in [2.05, 4.69) is 61.5 Å². The third kappa shape index (κ3) is 3.24. The minimum Gasteiger partial charge on any atom is -0.305 e. The molecule has 0 aliphatic carbocycles. The Bertz CT molecular complexity index is 543. The normalized spacial score (nSPS) is 12.6. The number of aromatic nitrogens is 2. The zero-order chi connectivity index (χ0) is 13.8. The molecule has 102 valence electrons. The van der Waals surface area contributed by atoms with E-state index in [1.807, 2.05) is 11.7 Å². The average molecular weight is 257 g/mol. The Labute approximate surface area is 115 Å². The van der Waals surface area contributed by atoms with Crippen LogP contribution < -0.4 is 5.32 Å². The lowest BCUT2D eigenvalue weighted by atomic mass is 10.0. The molecule has 0 bridgehead atoms. The highest BCUT2D eigenvalue weighted by molar-refractivity contribution is 5.28. The fraction of sp³-hybridized carbons (Fsp3) is 0.438. The van der Waals surface area contributed by atoms with E-state index in [1.54, 1.807) is 0 Å². The SMILES string of the molecule is CCc1cc(CNC(C)c2ccccc2C)n(C)n1. The van der Waals surface area contributed by atoms with Crippen LogP contribution in [0.4, 0.5) is 0 Å². The summed E-state index contributed by atoms with van der Waals surface area (Å²) in [7, 11) is 2.01. The van der Waals surface area contributed by atoms with Crippen LogP contribution in [0.1, 0.15) is 42.4 Å². The Kier molecular flexibility index (Phi) is 4.38. The molecule has 1 N–H and O–H groups in total. The van der Waals surface area contributed by atoms with Crippen LogP contribution in [0.5, 0.6) is 0 Å². The summed E-state index contributed by atoms with van der Waals surface area (Å²) in [5.74, 6) is 0. The van der Waals surface area contributed by atoms with Gasteiger partial charge in [-0.05, 0) is 37.5 Å². The van der Waals surface area contributed by atoms with Gasteiger partial charge in [-0.2, -0.15) is 5.10 Å². The zero-order valence-electron chi connectivity index (χ0n) is 12.3. The second-order valence-electron chi connectivity index (χ2n) is 5.06. The number of nitrogens with zero attached hydrogens (tertiary/aromatic N) is 2. The number of aryl methyl sites for hydroxylation is 3. The number of rotatable bonds is 5. The van der Waals surface area contributed by atoms with E-state index in [-0.39, 0.29) is 0 Å². The van der Waals surface area contributed by atoms with E-state index in [9.17, 15) is 0 Å². The molecule has 0 aliphatic rings. The fourth-order valence-corrected chi connectivity index (χ4v) is 2.35. The summed E-state index contributed by atoms with van der Waals surface area (Å²) in [5.41, 5.74) is 5.09. The molecule has 1 aromatic heterocycles. The van der Waals surface area contributed by atoms with Gasteiger partial charge < -0.3 is 5.32 Å². The van der Waals surface area contributed by atoms with Crippen LogP contribution in [0.2, 0.25) is 0 Å². The van der Waals surface area contributed by atoms with Crippen molar-refractivity contribution in [3.8, 4) is 0 Å². The molecule has 0 spiro atoms. The zero-order valence-corrected chi connectivity index (χ0v) is 12.3. The lowest BCUT2D eigenvalue weighted by molar-refractivity contribution is 0.546. The van der Waals surface area contributed by atoms with Gasteiger partial charge in [0, 0.05) is 19.6 Å². The molecule has 3 nitrogen and oxygen atoms in total. The molecule has 1 aromatic carbocycles. The summed E-state index contributed by atoms with van der Waals surface area (Å²) in [5, 5.41) is 8.05. The van der Waals surface area contributed by atoms with Gasteiger partial charge in [-0.15, -0.1) is 0 Å². The standard InChI is InChI=1S/C16H23N3/c1-5-14-10-15(19(4)18-14)11-17-13(3)16-9-7-6-8-12(16)2/h6-10,13,17H,5,11H2,1-4H3. The average Bonchev–Trinajstić information content (AvgIpc) is 2.77. The lowest BCUT2D eigenvalue weighted by Gasteiger charge is -2.16. The summed E-state index contributed by atoms with van der Waals surface area (Å²) in [6.07, 6.45) is 0.987. The second-order valence-corrected chi connectivity index (χ2v) is 5.06. The molecule has 0 amide bonds. The van der Waals surface area contributed by atoms with Crippen LogP contribution in [0.15, 0.2) is 30.3 Å². The molecule has 1 atom stereocenters. The summed E-state index contributed by atoms with van der Waals surface area (Å²) in [6, 6.07) is 11.1. The first kappa shape index (κ1) is 13.8. The molecule has 2 rings (SSSR count). The van der Waals surface area contributed by atoms with Crippen molar-refractivity contribution in [2.75, 3.05) is 0 Å². The quantitative estimate of drug-likeness (QED) is 0.891.